The van der Waals surface area contributed by atoms with E-state index in [0.29, 0.717) is 11.5 Å². The van der Waals surface area contributed by atoms with E-state index in [-0.39, 0.29) is 5.91 Å². The monoisotopic (exact) mass is 314 g/mol. The molecule has 0 spiro atoms. The molecule has 3 rings (SSSR count). The van der Waals surface area contributed by atoms with Crippen molar-refractivity contribution < 1.29 is 4.79 Å². The third-order valence-corrected chi connectivity index (χ3v) is 4.85. The Morgan fingerprint density at radius 3 is 2.70 bits per heavy atom. The van der Waals surface area contributed by atoms with Gasteiger partial charge in [0.2, 0.25) is 0 Å². The number of fused-ring (bicyclic) bond motifs is 1. The van der Waals surface area contributed by atoms with Gasteiger partial charge in [0, 0.05) is 18.7 Å². The molecule has 1 aliphatic rings. The van der Waals surface area contributed by atoms with Crippen molar-refractivity contribution in [2.75, 3.05) is 6.54 Å². The van der Waals surface area contributed by atoms with Crippen LogP contribution in [-0.2, 0) is 6.54 Å². The molecule has 1 aromatic heterocycles. The number of aromatic nitrogens is 3. The van der Waals surface area contributed by atoms with Gasteiger partial charge in [-0.2, -0.15) is 0 Å². The van der Waals surface area contributed by atoms with Crippen LogP contribution >= 0.6 is 0 Å². The zero-order valence-electron chi connectivity index (χ0n) is 13.9. The van der Waals surface area contributed by atoms with Crippen LogP contribution in [0.25, 0.3) is 11.0 Å². The van der Waals surface area contributed by atoms with Gasteiger partial charge < -0.3 is 5.32 Å². The van der Waals surface area contributed by atoms with Crippen molar-refractivity contribution in [2.45, 2.75) is 58.4 Å². The number of hydrogen-bond donors (Lipinski definition) is 1. The molecule has 1 N–H and O–H groups in total. The van der Waals surface area contributed by atoms with E-state index in [0.717, 1.165) is 24.1 Å². The topological polar surface area (TPSA) is 59.8 Å². The Morgan fingerprint density at radius 2 is 1.96 bits per heavy atom. The van der Waals surface area contributed by atoms with Gasteiger partial charge in [0.15, 0.2) is 0 Å². The van der Waals surface area contributed by atoms with E-state index in [9.17, 15) is 4.79 Å². The summed E-state index contributed by atoms with van der Waals surface area (Å²) >= 11 is 0. The van der Waals surface area contributed by atoms with E-state index in [1.165, 1.54) is 44.9 Å². The molecular formula is C18H26N4O. The smallest absolute Gasteiger partial charge is 0.251 e. The number of nitrogens with one attached hydrogen (secondary N) is 1. The fourth-order valence-electron chi connectivity index (χ4n) is 3.43. The molecule has 23 heavy (non-hydrogen) atoms. The third-order valence-electron chi connectivity index (χ3n) is 4.85. The Labute approximate surface area is 137 Å². The molecule has 0 radical (unpaired) electrons. The van der Waals surface area contributed by atoms with Crippen LogP contribution in [0.15, 0.2) is 18.2 Å². The average Bonchev–Trinajstić information content (AvgIpc) is 2.95. The lowest BCUT2D eigenvalue weighted by Gasteiger charge is -2.20. The Balaban J connectivity index is 1.61. The SMILES string of the molecule is CCn1nnc2cc(C(=O)NCC3CCCCCCC3)ccc21. The lowest BCUT2D eigenvalue weighted by atomic mass is 9.91. The summed E-state index contributed by atoms with van der Waals surface area (Å²) in [5.74, 6) is 0.629. The summed E-state index contributed by atoms with van der Waals surface area (Å²) in [6.07, 6.45) is 9.13. The van der Waals surface area contributed by atoms with Crippen molar-refractivity contribution in [3.63, 3.8) is 0 Å². The van der Waals surface area contributed by atoms with Crippen LogP contribution < -0.4 is 5.32 Å². The summed E-state index contributed by atoms with van der Waals surface area (Å²) in [5.41, 5.74) is 2.43. The maximum Gasteiger partial charge on any atom is 0.251 e. The lowest BCUT2D eigenvalue weighted by Crippen LogP contribution is -2.29. The number of amides is 1. The second-order valence-electron chi connectivity index (χ2n) is 6.53. The van der Waals surface area contributed by atoms with Gasteiger partial charge in [0.1, 0.15) is 5.52 Å². The minimum absolute atomic E-state index is 0.00000732. The molecule has 0 unspecified atom stereocenters. The van der Waals surface area contributed by atoms with Gasteiger partial charge in [-0.15, -0.1) is 5.10 Å². The molecule has 0 bridgehead atoms. The quantitative estimate of drug-likeness (QED) is 0.939. The first kappa shape index (κ1) is 16.0. The van der Waals surface area contributed by atoms with Crippen molar-refractivity contribution in [2.24, 2.45) is 5.92 Å². The number of rotatable bonds is 4. The largest absolute Gasteiger partial charge is 0.352 e. The molecule has 1 amide bonds. The molecule has 5 nitrogen and oxygen atoms in total. The van der Waals surface area contributed by atoms with E-state index < -0.39 is 0 Å². The summed E-state index contributed by atoms with van der Waals surface area (Å²) in [6.45, 7) is 3.60. The van der Waals surface area contributed by atoms with E-state index in [4.69, 9.17) is 0 Å². The Hall–Kier alpha value is -1.91. The van der Waals surface area contributed by atoms with E-state index in [1.54, 1.807) is 0 Å². The van der Waals surface area contributed by atoms with Crippen molar-refractivity contribution in [1.29, 1.82) is 0 Å². The van der Waals surface area contributed by atoms with Gasteiger partial charge in [-0.1, -0.05) is 37.3 Å². The van der Waals surface area contributed by atoms with Gasteiger partial charge in [-0.3, -0.25) is 4.79 Å². The second kappa shape index (κ2) is 7.57. The van der Waals surface area contributed by atoms with Crippen LogP contribution in [0.1, 0.15) is 62.2 Å². The highest BCUT2D eigenvalue weighted by atomic mass is 16.1. The second-order valence-corrected chi connectivity index (χ2v) is 6.53. The molecule has 124 valence electrons. The highest BCUT2D eigenvalue weighted by molar-refractivity contribution is 5.97. The fourth-order valence-corrected chi connectivity index (χ4v) is 3.43. The number of hydrogen-bond acceptors (Lipinski definition) is 3. The molecular weight excluding hydrogens is 288 g/mol. The van der Waals surface area contributed by atoms with E-state index in [2.05, 4.69) is 15.6 Å². The molecule has 2 aromatic rings. The van der Waals surface area contributed by atoms with Gasteiger partial charge in [0.25, 0.3) is 5.91 Å². The molecule has 0 atom stereocenters. The Morgan fingerprint density at radius 1 is 1.22 bits per heavy atom. The normalized spacial score (nSPS) is 16.9. The molecule has 1 fully saturated rings. The predicted molar refractivity (Wildman–Crippen MR) is 91.3 cm³/mol. The highest BCUT2D eigenvalue weighted by Gasteiger charge is 2.14. The summed E-state index contributed by atoms with van der Waals surface area (Å²) in [5, 5.41) is 11.3. The Bertz CT molecular complexity index is 656. The molecule has 1 saturated carbocycles. The first-order chi connectivity index (χ1) is 11.3. The van der Waals surface area contributed by atoms with Crippen LogP contribution in [0.3, 0.4) is 0 Å². The summed E-state index contributed by atoms with van der Waals surface area (Å²) in [7, 11) is 0. The fraction of sp³-hybridized carbons (Fsp3) is 0.611. The predicted octanol–water partition coefficient (Wildman–Crippen LogP) is 3.54. The maximum absolute atomic E-state index is 12.4. The minimum Gasteiger partial charge on any atom is -0.352 e. The molecule has 1 aliphatic carbocycles. The average molecular weight is 314 g/mol. The van der Waals surface area contributed by atoms with Crippen LogP contribution in [0.2, 0.25) is 0 Å². The first-order valence-corrected chi connectivity index (χ1v) is 8.89. The summed E-state index contributed by atoms with van der Waals surface area (Å²) in [6, 6.07) is 5.64. The van der Waals surface area contributed by atoms with E-state index >= 15 is 0 Å². The van der Waals surface area contributed by atoms with Gasteiger partial charge in [-0.25, -0.2) is 4.68 Å². The molecule has 1 heterocycles. The van der Waals surface area contributed by atoms with Crippen LogP contribution in [-0.4, -0.2) is 27.4 Å². The zero-order chi connectivity index (χ0) is 16.1. The molecule has 5 heteroatoms. The standard InChI is InChI=1S/C18H26N4O/c1-2-22-17-11-10-15(12-16(17)20-21-22)18(23)19-13-14-8-6-4-3-5-7-9-14/h10-12,14H,2-9,13H2,1H3,(H,19,23). The summed E-state index contributed by atoms with van der Waals surface area (Å²) in [4.78, 5) is 12.4. The number of carbonyl (C=O) groups is 1. The van der Waals surface area contributed by atoms with Crippen LogP contribution in [0.5, 0.6) is 0 Å². The number of aryl methyl sites for hydroxylation is 1. The maximum atomic E-state index is 12.4. The molecule has 0 saturated heterocycles. The van der Waals surface area contributed by atoms with Crippen molar-refractivity contribution in [3.8, 4) is 0 Å². The van der Waals surface area contributed by atoms with Crippen molar-refractivity contribution in [1.82, 2.24) is 20.3 Å². The van der Waals surface area contributed by atoms with Gasteiger partial charge >= 0.3 is 0 Å². The molecule has 0 aliphatic heterocycles. The number of carbonyl (C=O) groups excluding carboxylic acids is 1. The van der Waals surface area contributed by atoms with Crippen LogP contribution in [0, 0.1) is 5.92 Å². The zero-order valence-corrected chi connectivity index (χ0v) is 13.9. The van der Waals surface area contributed by atoms with Gasteiger partial charge in [-0.05, 0) is 43.9 Å². The van der Waals surface area contributed by atoms with Crippen molar-refractivity contribution in [3.05, 3.63) is 23.8 Å². The molecule has 1 aromatic carbocycles. The van der Waals surface area contributed by atoms with E-state index in [1.807, 2.05) is 29.8 Å². The highest BCUT2D eigenvalue weighted by Crippen LogP contribution is 2.21. The third kappa shape index (κ3) is 3.89. The summed E-state index contributed by atoms with van der Waals surface area (Å²) < 4.78 is 1.84. The Kier molecular flexibility index (Phi) is 5.26. The first-order valence-electron chi connectivity index (χ1n) is 8.89. The minimum atomic E-state index is 0.00000732. The number of benzene rings is 1. The number of nitrogens with zero attached hydrogens (tertiary/aromatic N) is 3. The van der Waals surface area contributed by atoms with Crippen molar-refractivity contribution >= 4 is 16.9 Å². The van der Waals surface area contributed by atoms with Crippen LogP contribution in [0.4, 0.5) is 0 Å². The lowest BCUT2D eigenvalue weighted by molar-refractivity contribution is 0.0944. The van der Waals surface area contributed by atoms with Gasteiger partial charge in [0.05, 0.1) is 5.52 Å².